The number of aromatic nitrogens is 1. The van der Waals surface area contributed by atoms with E-state index in [4.69, 9.17) is 0 Å². The van der Waals surface area contributed by atoms with Gasteiger partial charge in [0.2, 0.25) is 0 Å². The summed E-state index contributed by atoms with van der Waals surface area (Å²) in [6.45, 7) is 0. The zero-order chi connectivity index (χ0) is 9.97. The summed E-state index contributed by atoms with van der Waals surface area (Å²) in [6, 6.07) is 1.27. The first-order valence-electron chi connectivity index (χ1n) is 5.19. The van der Waals surface area contributed by atoms with Crippen LogP contribution in [0.2, 0.25) is 0 Å². The first kappa shape index (κ1) is 9.31. The van der Waals surface area contributed by atoms with E-state index in [-0.39, 0.29) is 11.3 Å². The molecule has 1 aromatic rings. The molecule has 0 unspecified atom stereocenters. The quantitative estimate of drug-likeness (QED) is 0.717. The number of aromatic amines is 1. The van der Waals surface area contributed by atoms with Crippen molar-refractivity contribution < 1.29 is 5.11 Å². The lowest BCUT2D eigenvalue weighted by Gasteiger charge is -2.22. The van der Waals surface area contributed by atoms with Crippen molar-refractivity contribution >= 4 is 0 Å². The second kappa shape index (κ2) is 3.86. The van der Waals surface area contributed by atoms with Gasteiger partial charge in [0.1, 0.15) is 5.75 Å². The molecule has 14 heavy (non-hydrogen) atoms. The fraction of sp³-hybridized carbons (Fsp3) is 0.545. The smallest absolute Gasteiger partial charge is 0.251 e. The molecule has 76 valence electrons. The van der Waals surface area contributed by atoms with Crippen LogP contribution < -0.4 is 5.56 Å². The highest BCUT2D eigenvalue weighted by Crippen LogP contribution is 2.35. The maximum Gasteiger partial charge on any atom is 0.251 e. The molecule has 1 heterocycles. The molecule has 0 saturated heterocycles. The molecule has 3 heteroatoms. The molecule has 0 amide bonds. The van der Waals surface area contributed by atoms with Gasteiger partial charge in [-0.1, -0.05) is 19.3 Å². The minimum Gasteiger partial charge on any atom is -0.507 e. The molecule has 2 N–H and O–H groups in total. The van der Waals surface area contributed by atoms with E-state index in [1.54, 1.807) is 6.20 Å². The van der Waals surface area contributed by atoms with Crippen LogP contribution in [0.1, 0.15) is 43.6 Å². The Morgan fingerprint density at radius 2 is 2.00 bits per heavy atom. The van der Waals surface area contributed by atoms with E-state index in [1.807, 2.05) is 0 Å². The molecule has 1 aliphatic carbocycles. The van der Waals surface area contributed by atoms with Crippen molar-refractivity contribution in [1.29, 1.82) is 0 Å². The van der Waals surface area contributed by atoms with Crippen molar-refractivity contribution in [2.45, 2.75) is 38.0 Å². The number of pyridine rings is 1. The van der Waals surface area contributed by atoms with Gasteiger partial charge < -0.3 is 10.1 Å². The normalized spacial score (nSPS) is 18.3. The van der Waals surface area contributed by atoms with Crippen LogP contribution in [0.15, 0.2) is 17.1 Å². The van der Waals surface area contributed by atoms with Crippen LogP contribution in [0.25, 0.3) is 0 Å². The summed E-state index contributed by atoms with van der Waals surface area (Å²) in [6.07, 6.45) is 7.65. The van der Waals surface area contributed by atoms with Gasteiger partial charge in [-0.3, -0.25) is 4.79 Å². The summed E-state index contributed by atoms with van der Waals surface area (Å²) < 4.78 is 0. The fourth-order valence-corrected chi connectivity index (χ4v) is 2.21. The maximum atomic E-state index is 10.9. The molecule has 1 saturated carbocycles. The summed E-state index contributed by atoms with van der Waals surface area (Å²) in [5, 5.41) is 9.62. The Kier molecular flexibility index (Phi) is 2.57. The minimum absolute atomic E-state index is 0.153. The van der Waals surface area contributed by atoms with E-state index in [2.05, 4.69) is 4.98 Å². The molecule has 0 bridgehead atoms. The molecule has 0 radical (unpaired) electrons. The van der Waals surface area contributed by atoms with Crippen LogP contribution in [-0.4, -0.2) is 10.1 Å². The van der Waals surface area contributed by atoms with E-state index in [1.165, 1.54) is 25.3 Å². The lowest BCUT2D eigenvalue weighted by atomic mass is 9.84. The largest absolute Gasteiger partial charge is 0.507 e. The first-order valence-corrected chi connectivity index (χ1v) is 5.19. The molecular weight excluding hydrogens is 178 g/mol. The summed E-state index contributed by atoms with van der Waals surface area (Å²) in [5.41, 5.74) is 0.673. The Labute approximate surface area is 82.8 Å². The molecule has 3 nitrogen and oxygen atoms in total. The topological polar surface area (TPSA) is 53.1 Å². The van der Waals surface area contributed by atoms with Gasteiger partial charge in [-0.05, 0) is 18.8 Å². The van der Waals surface area contributed by atoms with Crippen molar-refractivity contribution in [3.8, 4) is 5.75 Å². The third-order valence-electron chi connectivity index (χ3n) is 2.98. The van der Waals surface area contributed by atoms with Crippen molar-refractivity contribution in [3.63, 3.8) is 0 Å². The summed E-state index contributed by atoms with van der Waals surface area (Å²) in [7, 11) is 0. The SMILES string of the molecule is O=c1cc(O)c(C2CCCCC2)c[nH]1. The zero-order valence-electron chi connectivity index (χ0n) is 8.12. The van der Waals surface area contributed by atoms with E-state index < -0.39 is 0 Å². The molecule has 1 aliphatic rings. The Balaban J connectivity index is 2.26. The highest BCUT2D eigenvalue weighted by atomic mass is 16.3. The van der Waals surface area contributed by atoms with Gasteiger partial charge in [-0.25, -0.2) is 0 Å². The standard InChI is InChI=1S/C11H15NO2/c13-10-6-11(14)12-7-9(10)8-4-2-1-3-5-8/h6-8H,1-5H2,(H2,12,13,14). The van der Waals surface area contributed by atoms with E-state index in [0.29, 0.717) is 5.92 Å². The average molecular weight is 193 g/mol. The van der Waals surface area contributed by atoms with Gasteiger partial charge in [0.15, 0.2) is 0 Å². The predicted molar refractivity (Wildman–Crippen MR) is 54.6 cm³/mol. The molecule has 0 atom stereocenters. The molecule has 0 spiro atoms. The van der Waals surface area contributed by atoms with E-state index in [0.717, 1.165) is 18.4 Å². The van der Waals surface area contributed by atoms with Gasteiger partial charge in [0.25, 0.3) is 5.56 Å². The Bertz CT molecular complexity index is 364. The van der Waals surface area contributed by atoms with Crippen LogP contribution in [0.4, 0.5) is 0 Å². The van der Waals surface area contributed by atoms with Gasteiger partial charge in [-0.15, -0.1) is 0 Å². The summed E-state index contributed by atoms with van der Waals surface area (Å²) >= 11 is 0. The number of aromatic hydroxyl groups is 1. The number of rotatable bonds is 1. The molecule has 1 aromatic heterocycles. The van der Waals surface area contributed by atoms with Crippen LogP contribution in [0.3, 0.4) is 0 Å². The van der Waals surface area contributed by atoms with Crippen molar-refractivity contribution in [1.82, 2.24) is 4.98 Å². The molecule has 1 fully saturated rings. The van der Waals surface area contributed by atoms with E-state index >= 15 is 0 Å². The Hall–Kier alpha value is -1.25. The number of nitrogens with one attached hydrogen (secondary N) is 1. The van der Waals surface area contributed by atoms with Gasteiger partial charge >= 0.3 is 0 Å². The second-order valence-corrected chi connectivity index (χ2v) is 3.97. The predicted octanol–water partition coefficient (Wildman–Crippen LogP) is 2.13. The average Bonchev–Trinajstić information content (AvgIpc) is 2.19. The molecule has 0 aliphatic heterocycles. The highest BCUT2D eigenvalue weighted by Gasteiger charge is 2.18. The zero-order valence-corrected chi connectivity index (χ0v) is 8.12. The summed E-state index contributed by atoms with van der Waals surface area (Å²) in [4.78, 5) is 13.5. The second-order valence-electron chi connectivity index (χ2n) is 3.97. The summed E-state index contributed by atoms with van der Waals surface area (Å²) in [5.74, 6) is 0.584. The van der Waals surface area contributed by atoms with Crippen LogP contribution in [0, 0.1) is 0 Å². The van der Waals surface area contributed by atoms with Gasteiger partial charge in [0.05, 0.1) is 0 Å². The van der Waals surface area contributed by atoms with Crippen molar-refractivity contribution in [2.75, 3.05) is 0 Å². The number of hydrogen-bond donors (Lipinski definition) is 2. The third-order valence-corrected chi connectivity index (χ3v) is 2.98. The molecule has 2 rings (SSSR count). The monoisotopic (exact) mass is 193 g/mol. The Morgan fingerprint density at radius 3 is 2.64 bits per heavy atom. The van der Waals surface area contributed by atoms with Crippen LogP contribution >= 0.6 is 0 Å². The molecular formula is C11H15NO2. The lowest BCUT2D eigenvalue weighted by molar-refractivity contribution is 0.412. The molecule has 0 aromatic carbocycles. The van der Waals surface area contributed by atoms with E-state index in [9.17, 15) is 9.90 Å². The fourth-order valence-electron chi connectivity index (χ4n) is 2.21. The number of H-pyrrole nitrogens is 1. The van der Waals surface area contributed by atoms with Crippen LogP contribution in [-0.2, 0) is 0 Å². The first-order chi connectivity index (χ1) is 6.77. The van der Waals surface area contributed by atoms with Crippen LogP contribution in [0.5, 0.6) is 5.75 Å². The third kappa shape index (κ3) is 1.81. The Morgan fingerprint density at radius 1 is 1.29 bits per heavy atom. The number of hydrogen-bond acceptors (Lipinski definition) is 2. The maximum absolute atomic E-state index is 10.9. The van der Waals surface area contributed by atoms with Crippen molar-refractivity contribution in [3.05, 3.63) is 28.2 Å². The highest BCUT2D eigenvalue weighted by molar-refractivity contribution is 5.31. The van der Waals surface area contributed by atoms with Crippen molar-refractivity contribution in [2.24, 2.45) is 0 Å². The lowest BCUT2D eigenvalue weighted by Crippen LogP contribution is -2.09. The minimum atomic E-state index is -0.234. The van der Waals surface area contributed by atoms with Gasteiger partial charge in [0, 0.05) is 17.8 Å². The van der Waals surface area contributed by atoms with Gasteiger partial charge in [-0.2, -0.15) is 0 Å².